The van der Waals surface area contributed by atoms with Crippen molar-refractivity contribution in [2.75, 3.05) is 17.3 Å². The normalized spacial score (nSPS) is 14.3. The smallest absolute Gasteiger partial charge is 0.227 e. The zero-order valence-corrected chi connectivity index (χ0v) is 10.8. The van der Waals surface area contributed by atoms with Gasteiger partial charge in [-0.1, -0.05) is 6.92 Å². The Morgan fingerprint density at radius 2 is 2.17 bits per heavy atom. The van der Waals surface area contributed by atoms with E-state index in [4.69, 9.17) is 0 Å². The summed E-state index contributed by atoms with van der Waals surface area (Å²) in [5.74, 6) is 0.183. The summed E-state index contributed by atoms with van der Waals surface area (Å²) >= 11 is 0. The average molecular weight is 246 g/mol. The van der Waals surface area contributed by atoms with Crippen LogP contribution in [0.4, 0.5) is 11.4 Å². The summed E-state index contributed by atoms with van der Waals surface area (Å²) in [5.41, 5.74) is 2.88. The molecule has 0 saturated heterocycles. The number of amides is 2. The molecule has 1 heterocycles. The second-order valence-corrected chi connectivity index (χ2v) is 4.59. The minimum atomic E-state index is 0.0395. The number of nitrogens with one attached hydrogen (secondary N) is 1. The first-order valence-electron chi connectivity index (χ1n) is 6.31. The number of rotatable bonds is 3. The second-order valence-electron chi connectivity index (χ2n) is 4.59. The molecule has 0 bridgehead atoms. The average Bonchev–Trinajstić information content (AvgIpc) is 2.34. The monoisotopic (exact) mass is 246 g/mol. The molecule has 0 radical (unpaired) electrons. The van der Waals surface area contributed by atoms with Crippen molar-refractivity contribution in [2.45, 2.75) is 32.6 Å². The van der Waals surface area contributed by atoms with E-state index in [0.29, 0.717) is 12.8 Å². The summed E-state index contributed by atoms with van der Waals surface area (Å²) < 4.78 is 0. The maximum Gasteiger partial charge on any atom is 0.227 e. The molecule has 0 fully saturated rings. The lowest BCUT2D eigenvalue weighted by Crippen LogP contribution is -2.31. The molecule has 4 heteroatoms. The number of aryl methyl sites for hydroxylation is 1. The Morgan fingerprint density at radius 3 is 2.89 bits per heavy atom. The van der Waals surface area contributed by atoms with Crippen molar-refractivity contribution in [3.8, 4) is 0 Å². The molecular formula is C14H18N2O2. The van der Waals surface area contributed by atoms with Gasteiger partial charge in [-0.2, -0.15) is 0 Å². The highest BCUT2D eigenvalue weighted by atomic mass is 16.2. The van der Waals surface area contributed by atoms with Gasteiger partial charge in [-0.3, -0.25) is 9.59 Å². The fraction of sp³-hybridized carbons (Fsp3) is 0.429. The lowest BCUT2D eigenvalue weighted by molar-refractivity contribution is -0.118. The molecule has 1 aromatic carbocycles. The molecule has 4 nitrogen and oxygen atoms in total. The molecule has 0 aliphatic carbocycles. The maximum atomic E-state index is 11.6. The van der Waals surface area contributed by atoms with Crippen LogP contribution in [0, 0.1) is 0 Å². The third-order valence-electron chi connectivity index (χ3n) is 3.18. The molecule has 1 aromatic rings. The molecule has 0 saturated carbocycles. The summed E-state index contributed by atoms with van der Waals surface area (Å²) in [6.45, 7) is 1.98. The van der Waals surface area contributed by atoms with Crippen molar-refractivity contribution >= 4 is 23.2 Å². The molecule has 18 heavy (non-hydrogen) atoms. The number of fused-ring (bicyclic) bond motifs is 1. The topological polar surface area (TPSA) is 49.4 Å². The Balaban J connectivity index is 2.18. The van der Waals surface area contributed by atoms with Crippen molar-refractivity contribution in [3.05, 3.63) is 23.8 Å². The highest BCUT2D eigenvalue weighted by Gasteiger charge is 2.20. The van der Waals surface area contributed by atoms with Gasteiger partial charge in [0, 0.05) is 31.3 Å². The molecule has 2 amide bonds. The lowest BCUT2D eigenvalue weighted by atomic mass is 10.0. The third-order valence-corrected chi connectivity index (χ3v) is 3.18. The zero-order valence-electron chi connectivity index (χ0n) is 10.8. The number of benzene rings is 1. The van der Waals surface area contributed by atoms with E-state index < -0.39 is 0 Å². The Labute approximate surface area is 107 Å². The van der Waals surface area contributed by atoms with Gasteiger partial charge in [0.2, 0.25) is 11.8 Å². The first-order chi connectivity index (χ1) is 8.61. The molecule has 1 aliphatic rings. The summed E-state index contributed by atoms with van der Waals surface area (Å²) in [4.78, 5) is 24.8. The number of carbonyl (C=O) groups is 2. The zero-order chi connectivity index (χ0) is 13.1. The van der Waals surface area contributed by atoms with E-state index >= 15 is 0 Å². The molecular weight excluding hydrogens is 228 g/mol. The SMILES string of the molecule is CCCC(=O)Nc1ccc2c(c1)CCC(=O)N2C. The summed E-state index contributed by atoms with van der Waals surface area (Å²) in [7, 11) is 1.79. The molecule has 96 valence electrons. The van der Waals surface area contributed by atoms with Gasteiger partial charge in [0.15, 0.2) is 0 Å². The molecule has 0 unspecified atom stereocenters. The summed E-state index contributed by atoms with van der Waals surface area (Å²) in [5, 5.41) is 2.88. The molecule has 1 N–H and O–H groups in total. The van der Waals surface area contributed by atoms with E-state index in [0.717, 1.165) is 29.8 Å². The molecule has 1 aliphatic heterocycles. The Kier molecular flexibility index (Phi) is 3.65. The van der Waals surface area contributed by atoms with Gasteiger partial charge in [-0.15, -0.1) is 0 Å². The lowest BCUT2D eigenvalue weighted by Gasteiger charge is -2.26. The molecule has 0 atom stereocenters. The number of nitrogens with zero attached hydrogens (tertiary/aromatic N) is 1. The van der Waals surface area contributed by atoms with Crippen LogP contribution in [0.5, 0.6) is 0 Å². The fourth-order valence-electron chi connectivity index (χ4n) is 2.18. The van der Waals surface area contributed by atoms with Crippen LogP contribution in [0.1, 0.15) is 31.7 Å². The molecule has 0 aromatic heterocycles. The van der Waals surface area contributed by atoms with Crippen LogP contribution in [0.15, 0.2) is 18.2 Å². The predicted octanol–water partition coefficient (Wildman–Crippen LogP) is 2.33. The minimum Gasteiger partial charge on any atom is -0.326 e. The van der Waals surface area contributed by atoms with Crippen molar-refractivity contribution in [2.24, 2.45) is 0 Å². The number of carbonyl (C=O) groups excluding carboxylic acids is 2. The van der Waals surface area contributed by atoms with Gasteiger partial charge in [0.25, 0.3) is 0 Å². The Hall–Kier alpha value is -1.84. The van der Waals surface area contributed by atoms with Gasteiger partial charge in [0.1, 0.15) is 0 Å². The van der Waals surface area contributed by atoms with Crippen molar-refractivity contribution < 1.29 is 9.59 Å². The second kappa shape index (κ2) is 5.21. The van der Waals surface area contributed by atoms with Crippen molar-refractivity contribution in [1.29, 1.82) is 0 Å². The summed E-state index contributed by atoms with van der Waals surface area (Å²) in [6, 6.07) is 5.71. The number of anilines is 2. The van der Waals surface area contributed by atoms with Crippen molar-refractivity contribution in [3.63, 3.8) is 0 Å². The highest BCUT2D eigenvalue weighted by molar-refractivity contribution is 5.97. The largest absolute Gasteiger partial charge is 0.326 e. The van der Waals surface area contributed by atoms with Crippen LogP contribution >= 0.6 is 0 Å². The predicted molar refractivity (Wildman–Crippen MR) is 71.7 cm³/mol. The standard InChI is InChI=1S/C14H18N2O2/c1-3-4-13(17)15-11-6-7-12-10(9-11)5-8-14(18)16(12)2/h6-7,9H,3-5,8H2,1-2H3,(H,15,17). The van der Waals surface area contributed by atoms with Gasteiger partial charge in [-0.05, 0) is 36.6 Å². The number of hydrogen-bond acceptors (Lipinski definition) is 2. The molecule has 0 spiro atoms. The Bertz CT molecular complexity index is 483. The van der Waals surface area contributed by atoms with E-state index in [1.807, 2.05) is 25.1 Å². The Morgan fingerprint density at radius 1 is 1.39 bits per heavy atom. The first kappa shape index (κ1) is 12.6. The van der Waals surface area contributed by atoms with Crippen molar-refractivity contribution in [1.82, 2.24) is 0 Å². The van der Waals surface area contributed by atoms with Crippen LogP contribution in [-0.4, -0.2) is 18.9 Å². The van der Waals surface area contributed by atoms with Crippen LogP contribution in [-0.2, 0) is 16.0 Å². The van der Waals surface area contributed by atoms with Crippen LogP contribution in [0.2, 0.25) is 0 Å². The van der Waals surface area contributed by atoms with Crippen LogP contribution in [0.25, 0.3) is 0 Å². The van der Waals surface area contributed by atoms with E-state index in [-0.39, 0.29) is 11.8 Å². The van der Waals surface area contributed by atoms with Gasteiger partial charge in [0.05, 0.1) is 0 Å². The number of hydrogen-bond donors (Lipinski definition) is 1. The van der Waals surface area contributed by atoms with E-state index in [2.05, 4.69) is 5.32 Å². The van der Waals surface area contributed by atoms with Crippen LogP contribution in [0.3, 0.4) is 0 Å². The maximum absolute atomic E-state index is 11.6. The van der Waals surface area contributed by atoms with Gasteiger partial charge in [-0.25, -0.2) is 0 Å². The fourth-order valence-corrected chi connectivity index (χ4v) is 2.18. The van der Waals surface area contributed by atoms with Gasteiger partial charge >= 0.3 is 0 Å². The minimum absolute atomic E-state index is 0.0395. The van der Waals surface area contributed by atoms with Gasteiger partial charge < -0.3 is 10.2 Å². The third kappa shape index (κ3) is 2.53. The first-order valence-corrected chi connectivity index (χ1v) is 6.31. The molecule has 2 rings (SSSR count). The highest BCUT2D eigenvalue weighted by Crippen LogP contribution is 2.29. The van der Waals surface area contributed by atoms with E-state index in [1.54, 1.807) is 11.9 Å². The quantitative estimate of drug-likeness (QED) is 0.889. The van der Waals surface area contributed by atoms with E-state index in [9.17, 15) is 9.59 Å². The van der Waals surface area contributed by atoms with Crippen LogP contribution < -0.4 is 10.2 Å². The summed E-state index contributed by atoms with van der Waals surface area (Å²) in [6.07, 6.45) is 2.66. The van der Waals surface area contributed by atoms with E-state index in [1.165, 1.54) is 0 Å².